The van der Waals surface area contributed by atoms with Crippen LogP contribution in [0, 0.1) is 5.92 Å². The fourth-order valence-electron chi connectivity index (χ4n) is 3.59. The summed E-state index contributed by atoms with van der Waals surface area (Å²) in [4.78, 5) is 26.0. The van der Waals surface area contributed by atoms with Crippen molar-refractivity contribution in [3.8, 4) is 0 Å². The molecule has 1 heterocycles. The maximum atomic E-state index is 12.3. The van der Waals surface area contributed by atoms with Crippen LogP contribution in [-0.2, 0) is 22.7 Å². The predicted octanol–water partition coefficient (Wildman–Crippen LogP) is 1.55. The third kappa shape index (κ3) is 3.72. The minimum Gasteiger partial charge on any atom is -0.352 e. The van der Waals surface area contributed by atoms with Gasteiger partial charge in [-0.3, -0.25) is 9.59 Å². The van der Waals surface area contributed by atoms with Crippen LogP contribution in [0.15, 0.2) is 24.3 Å². The zero-order valence-electron chi connectivity index (χ0n) is 13.5. The number of nitrogens with one attached hydrogen (secondary N) is 1. The van der Waals surface area contributed by atoms with Crippen molar-refractivity contribution >= 4 is 11.8 Å². The molecular formula is C18H25N3O2. The SMILES string of the molecule is N[C@@H]1CCC[C@@H]1C(=O)NCc1ccccc1CN1CCCC1=O. The van der Waals surface area contributed by atoms with Crippen molar-refractivity contribution in [1.29, 1.82) is 0 Å². The number of carbonyl (C=O) groups is 2. The largest absolute Gasteiger partial charge is 0.352 e. The van der Waals surface area contributed by atoms with Gasteiger partial charge >= 0.3 is 0 Å². The third-order valence-electron chi connectivity index (χ3n) is 5.01. The van der Waals surface area contributed by atoms with Crippen LogP contribution in [0.3, 0.4) is 0 Å². The molecule has 5 nitrogen and oxygen atoms in total. The molecule has 1 saturated carbocycles. The molecule has 1 aromatic carbocycles. The highest BCUT2D eigenvalue weighted by molar-refractivity contribution is 5.80. The molecule has 5 heteroatoms. The van der Waals surface area contributed by atoms with Crippen LogP contribution in [0.25, 0.3) is 0 Å². The van der Waals surface area contributed by atoms with E-state index in [-0.39, 0.29) is 23.8 Å². The van der Waals surface area contributed by atoms with Gasteiger partial charge in [-0.1, -0.05) is 30.7 Å². The number of rotatable bonds is 5. The molecule has 23 heavy (non-hydrogen) atoms. The lowest BCUT2D eigenvalue weighted by atomic mass is 10.0. The van der Waals surface area contributed by atoms with E-state index in [4.69, 9.17) is 5.73 Å². The highest BCUT2D eigenvalue weighted by atomic mass is 16.2. The fourth-order valence-corrected chi connectivity index (χ4v) is 3.59. The van der Waals surface area contributed by atoms with Gasteiger partial charge in [0, 0.05) is 32.1 Å². The number of hydrogen-bond donors (Lipinski definition) is 2. The lowest BCUT2D eigenvalue weighted by molar-refractivity contribution is -0.128. The molecule has 0 unspecified atom stereocenters. The smallest absolute Gasteiger partial charge is 0.224 e. The molecule has 1 saturated heterocycles. The zero-order valence-corrected chi connectivity index (χ0v) is 13.5. The second-order valence-corrected chi connectivity index (χ2v) is 6.61. The average molecular weight is 315 g/mol. The van der Waals surface area contributed by atoms with Crippen molar-refractivity contribution in [3.63, 3.8) is 0 Å². The number of likely N-dealkylation sites (tertiary alicyclic amines) is 1. The molecule has 1 aliphatic heterocycles. The molecule has 2 fully saturated rings. The van der Waals surface area contributed by atoms with E-state index < -0.39 is 0 Å². The van der Waals surface area contributed by atoms with Crippen molar-refractivity contribution in [3.05, 3.63) is 35.4 Å². The summed E-state index contributed by atoms with van der Waals surface area (Å²) in [6.45, 7) is 1.96. The molecular weight excluding hydrogens is 290 g/mol. The molecule has 0 radical (unpaired) electrons. The summed E-state index contributed by atoms with van der Waals surface area (Å²) < 4.78 is 0. The van der Waals surface area contributed by atoms with Gasteiger partial charge in [0.1, 0.15) is 0 Å². The van der Waals surface area contributed by atoms with Gasteiger partial charge in [0.2, 0.25) is 11.8 Å². The van der Waals surface area contributed by atoms with Crippen molar-refractivity contribution in [2.24, 2.45) is 11.7 Å². The maximum Gasteiger partial charge on any atom is 0.224 e. The van der Waals surface area contributed by atoms with Crippen LogP contribution in [0.5, 0.6) is 0 Å². The molecule has 1 aromatic rings. The van der Waals surface area contributed by atoms with Crippen molar-refractivity contribution in [2.75, 3.05) is 6.54 Å². The second kappa shape index (κ2) is 7.13. The Labute approximate surface area is 137 Å². The van der Waals surface area contributed by atoms with Gasteiger partial charge in [-0.05, 0) is 30.4 Å². The Morgan fingerprint density at radius 1 is 1.22 bits per heavy atom. The minimum atomic E-state index is -0.0534. The van der Waals surface area contributed by atoms with Gasteiger partial charge in [0.25, 0.3) is 0 Å². The normalized spacial score (nSPS) is 24.2. The van der Waals surface area contributed by atoms with Gasteiger partial charge in [-0.25, -0.2) is 0 Å². The number of nitrogens with zero attached hydrogens (tertiary/aromatic N) is 1. The predicted molar refractivity (Wildman–Crippen MR) is 88.3 cm³/mol. The average Bonchev–Trinajstić information content (AvgIpc) is 3.15. The monoisotopic (exact) mass is 315 g/mol. The molecule has 2 atom stereocenters. The standard InChI is InChI=1S/C18H25N3O2/c19-16-8-3-7-15(16)18(23)20-11-13-5-1-2-6-14(13)12-21-10-4-9-17(21)22/h1-2,5-6,15-16H,3-4,7-12,19H2,(H,20,23)/t15-,16+/m0/s1. The topological polar surface area (TPSA) is 75.4 Å². The van der Waals surface area contributed by atoms with Crippen LogP contribution in [0.2, 0.25) is 0 Å². The van der Waals surface area contributed by atoms with Gasteiger partial charge in [0.15, 0.2) is 0 Å². The van der Waals surface area contributed by atoms with Gasteiger partial charge in [-0.15, -0.1) is 0 Å². The van der Waals surface area contributed by atoms with E-state index in [0.29, 0.717) is 19.5 Å². The Bertz CT molecular complexity index is 587. The third-order valence-corrected chi connectivity index (χ3v) is 5.01. The van der Waals surface area contributed by atoms with E-state index in [0.717, 1.165) is 43.4 Å². The lowest BCUT2D eigenvalue weighted by Crippen LogP contribution is -2.38. The Hall–Kier alpha value is -1.88. The lowest BCUT2D eigenvalue weighted by Gasteiger charge is -2.19. The Morgan fingerprint density at radius 2 is 2.00 bits per heavy atom. The maximum absolute atomic E-state index is 12.3. The Kier molecular flexibility index (Phi) is 4.96. The molecule has 0 spiro atoms. The van der Waals surface area contributed by atoms with Crippen molar-refractivity contribution in [1.82, 2.24) is 10.2 Å². The van der Waals surface area contributed by atoms with E-state index in [1.807, 2.05) is 29.2 Å². The van der Waals surface area contributed by atoms with Gasteiger partial charge < -0.3 is 16.0 Å². The highest BCUT2D eigenvalue weighted by Crippen LogP contribution is 2.24. The number of benzene rings is 1. The summed E-state index contributed by atoms with van der Waals surface area (Å²) >= 11 is 0. The van der Waals surface area contributed by atoms with Crippen molar-refractivity contribution < 1.29 is 9.59 Å². The van der Waals surface area contributed by atoms with Crippen LogP contribution in [0.4, 0.5) is 0 Å². The molecule has 2 aliphatic rings. The van der Waals surface area contributed by atoms with Crippen LogP contribution in [0.1, 0.15) is 43.2 Å². The molecule has 0 aromatic heterocycles. The first-order chi connectivity index (χ1) is 11.1. The molecule has 0 bridgehead atoms. The minimum absolute atomic E-state index is 0.00698. The quantitative estimate of drug-likeness (QED) is 0.865. The molecule has 2 amide bonds. The summed E-state index contributed by atoms with van der Waals surface area (Å²) in [6.07, 6.45) is 4.45. The fraction of sp³-hybridized carbons (Fsp3) is 0.556. The Morgan fingerprint density at radius 3 is 2.65 bits per heavy atom. The van der Waals surface area contributed by atoms with Gasteiger partial charge in [-0.2, -0.15) is 0 Å². The summed E-state index contributed by atoms with van der Waals surface area (Å²) in [5, 5.41) is 3.03. The van der Waals surface area contributed by atoms with E-state index in [1.54, 1.807) is 0 Å². The van der Waals surface area contributed by atoms with Crippen molar-refractivity contribution in [2.45, 2.75) is 51.2 Å². The first-order valence-electron chi connectivity index (χ1n) is 8.53. The van der Waals surface area contributed by atoms with Crippen LogP contribution >= 0.6 is 0 Å². The van der Waals surface area contributed by atoms with Crippen LogP contribution < -0.4 is 11.1 Å². The number of carbonyl (C=O) groups excluding carboxylic acids is 2. The van der Waals surface area contributed by atoms with E-state index in [9.17, 15) is 9.59 Å². The van der Waals surface area contributed by atoms with Crippen LogP contribution in [-0.4, -0.2) is 29.3 Å². The zero-order chi connectivity index (χ0) is 16.2. The molecule has 3 N–H and O–H groups in total. The Balaban J connectivity index is 1.61. The van der Waals surface area contributed by atoms with Gasteiger partial charge in [0.05, 0.1) is 5.92 Å². The van der Waals surface area contributed by atoms with E-state index in [1.165, 1.54) is 0 Å². The molecule has 3 rings (SSSR count). The highest BCUT2D eigenvalue weighted by Gasteiger charge is 2.30. The van der Waals surface area contributed by atoms with E-state index >= 15 is 0 Å². The molecule has 1 aliphatic carbocycles. The summed E-state index contributed by atoms with van der Waals surface area (Å²) in [7, 11) is 0. The molecule has 124 valence electrons. The first kappa shape index (κ1) is 16.0. The van der Waals surface area contributed by atoms with E-state index in [2.05, 4.69) is 5.32 Å². The number of nitrogens with two attached hydrogens (primary N) is 1. The summed E-state index contributed by atoms with van der Waals surface area (Å²) in [6, 6.07) is 8.00. The summed E-state index contributed by atoms with van der Waals surface area (Å²) in [5.41, 5.74) is 8.18. The second-order valence-electron chi connectivity index (χ2n) is 6.61. The summed E-state index contributed by atoms with van der Waals surface area (Å²) in [5.74, 6) is 0.227. The number of amides is 2. The number of hydrogen-bond acceptors (Lipinski definition) is 3. The first-order valence-corrected chi connectivity index (χ1v) is 8.53.